The molecule has 0 aromatic rings. The molecule has 0 aliphatic carbocycles. The van der Waals surface area contributed by atoms with Crippen molar-refractivity contribution in [2.75, 3.05) is 13.2 Å². The van der Waals surface area contributed by atoms with E-state index in [1.54, 1.807) is 0 Å². The molecule has 0 radical (unpaired) electrons. The predicted octanol–water partition coefficient (Wildman–Crippen LogP) is 23.3. The van der Waals surface area contributed by atoms with Crippen molar-refractivity contribution in [3.8, 4) is 0 Å². The van der Waals surface area contributed by atoms with Gasteiger partial charge in [0, 0.05) is 19.3 Å². The molecule has 450 valence electrons. The fourth-order valence-corrected chi connectivity index (χ4v) is 10.3. The fourth-order valence-electron chi connectivity index (χ4n) is 10.3. The number of rotatable bonds is 63. The van der Waals surface area contributed by atoms with Crippen LogP contribution < -0.4 is 0 Å². The van der Waals surface area contributed by atoms with E-state index < -0.39 is 6.10 Å². The fraction of sp³-hybridized carbons (Fsp3) is 0.845. The molecule has 0 fully saturated rings. The SMILES string of the molecule is CC/C=C\C/C=C\C/C=C\C/C=C\CCCCCCC(=O)OC(COC(=O)CCCCCCCCCCCCCCCCCCCCCCC)COC(=O)CCCCCCCCCCCCCCCCCCCCCCC. The Morgan fingerprint density at radius 2 is 0.506 bits per heavy atom. The maximum atomic E-state index is 12.9. The van der Waals surface area contributed by atoms with Crippen LogP contribution >= 0.6 is 0 Å². The van der Waals surface area contributed by atoms with E-state index in [2.05, 4.69) is 69.4 Å². The summed E-state index contributed by atoms with van der Waals surface area (Å²) in [6.07, 6.45) is 82.7. The number of allylic oxidation sites excluding steroid dienone is 8. The summed E-state index contributed by atoms with van der Waals surface area (Å²) in [5, 5.41) is 0. The summed E-state index contributed by atoms with van der Waals surface area (Å²) in [6.45, 7) is 6.58. The first-order valence-electron chi connectivity index (χ1n) is 34.1. The van der Waals surface area contributed by atoms with Crippen molar-refractivity contribution >= 4 is 17.9 Å². The van der Waals surface area contributed by atoms with Gasteiger partial charge in [-0.2, -0.15) is 0 Å². The van der Waals surface area contributed by atoms with Crippen molar-refractivity contribution in [3.05, 3.63) is 48.6 Å². The molecule has 0 aromatic carbocycles. The van der Waals surface area contributed by atoms with E-state index in [4.69, 9.17) is 14.2 Å². The van der Waals surface area contributed by atoms with Gasteiger partial charge < -0.3 is 14.2 Å². The summed E-state index contributed by atoms with van der Waals surface area (Å²) in [6, 6.07) is 0. The molecule has 0 heterocycles. The molecular weight excluding hydrogens is 949 g/mol. The van der Waals surface area contributed by atoms with E-state index in [1.807, 2.05) is 0 Å². The molecule has 77 heavy (non-hydrogen) atoms. The first-order valence-corrected chi connectivity index (χ1v) is 34.1. The molecule has 0 rings (SSSR count). The Balaban J connectivity index is 4.32. The Bertz CT molecular complexity index is 1270. The average Bonchev–Trinajstić information content (AvgIpc) is 3.43. The van der Waals surface area contributed by atoms with Crippen LogP contribution in [0.2, 0.25) is 0 Å². The van der Waals surface area contributed by atoms with E-state index in [0.29, 0.717) is 19.3 Å². The second-order valence-corrected chi connectivity index (χ2v) is 23.1. The third kappa shape index (κ3) is 64.1. The molecule has 0 N–H and O–H groups in total. The quantitative estimate of drug-likeness (QED) is 0.0261. The third-order valence-corrected chi connectivity index (χ3v) is 15.3. The first kappa shape index (κ1) is 74.4. The van der Waals surface area contributed by atoms with E-state index in [0.717, 1.165) is 96.3 Å². The summed E-state index contributed by atoms with van der Waals surface area (Å²) in [7, 11) is 0. The highest BCUT2D eigenvalue weighted by Crippen LogP contribution is 2.18. The van der Waals surface area contributed by atoms with Crippen LogP contribution in [0.3, 0.4) is 0 Å². The monoisotopic (exact) mass is 1080 g/mol. The van der Waals surface area contributed by atoms with Gasteiger partial charge in [0.15, 0.2) is 6.10 Å². The lowest BCUT2D eigenvalue weighted by molar-refractivity contribution is -0.167. The van der Waals surface area contributed by atoms with Crippen LogP contribution in [0.1, 0.15) is 367 Å². The van der Waals surface area contributed by atoms with Gasteiger partial charge in [-0.3, -0.25) is 14.4 Å². The number of carbonyl (C=O) groups excluding carboxylic acids is 3. The van der Waals surface area contributed by atoms with Crippen LogP contribution in [-0.4, -0.2) is 37.2 Å². The molecule has 0 aliphatic heterocycles. The summed E-state index contributed by atoms with van der Waals surface area (Å²) < 4.78 is 17.0. The molecule has 0 saturated heterocycles. The van der Waals surface area contributed by atoms with Gasteiger partial charge in [0.25, 0.3) is 0 Å². The Morgan fingerprint density at radius 3 is 0.792 bits per heavy atom. The van der Waals surface area contributed by atoms with E-state index >= 15 is 0 Å². The molecule has 0 bridgehead atoms. The Labute approximate surface area is 479 Å². The third-order valence-electron chi connectivity index (χ3n) is 15.3. The van der Waals surface area contributed by atoms with Crippen molar-refractivity contribution in [2.45, 2.75) is 374 Å². The minimum atomic E-state index is -0.784. The maximum absolute atomic E-state index is 12.9. The van der Waals surface area contributed by atoms with Gasteiger partial charge in [-0.1, -0.05) is 339 Å². The van der Waals surface area contributed by atoms with Gasteiger partial charge in [-0.15, -0.1) is 0 Å². The molecule has 0 saturated carbocycles. The van der Waals surface area contributed by atoms with Crippen molar-refractivity contribution in [2.24, 2.45) is 0 Å². The molecule has 0 unspecified atom stereocenters. The Hall–Kier alpha value is -2.63. The highest BCUT2D eigenvalue weighted by Gasteiger charge is 2.19. The van der Waals surface area contributed by atoms with Gasteiger partial charge in [-0.25, -0.2) is 0 Å². The largest absolute Gasteiger partial charge is 0.462 e. The van der Waals surface area contributed by atoms with E-state index in [9.17, 15) is 14.4 Å². The molecule has 0 atom stereocenters. The zero-order valence-corrected chi connectivity index (χ0v) is 51.7. The van der Waals surface area contributed by atoms with Crippen molar-refractivity contribution < 1.29 is 28.6 Å². The normalized spacial score (nSPS) is 11.9. The molecule has 6 nitrogen and oxygen atoms in total. The molecule has 0 spiro atoms. The minimum Gasteiger partial charge on any atom is -0.462 e. The topological polar surface area (TPSA) is 78.9 Å². The predicted molar refractivity (Wildman–Crippen MR) is 335 cm³/mol. The number of esters is 3. The highest BCUT2D eigenvalue weighted by molar-refractivity contribution is 5.71. The molecule has 0 amide bonds. The Kier molecular flexibility index (Phi) is 63.6. The zero-order valence-electron chi connectivity index (χ0n) is 51.7. The molecular formula is C71H130O6. The summed E-state index contributed by atoms with van der Waals surface area (Å²) >= 11 is 0. The van der Waals surface area contributed by atoms with Crippen molar-refractivity contribution in [1.82, 2.24) is 0 Å². The van der Waals surface area contributed by atoms with Crippen molar-refractivity contribution in [1.29, 1.82) is 0 Å². The van der Waals surface area contributed by atoms with E-state index in [-0.39, 0.29) is 31.1 Å². The smallest absolute Gasteiger partial charge is 0.306 e. The standard InChI is InChI=1S/C71H130O6/c1-4-7-10-13-16-19-22-25-28-31-33-35-37-40-42-45-48-51-54-57-60-63-69(72)75-66-68(77-71(74)65-62-59-56-53-50-47-44-39-30-27-24-21-18-15-12-9-6-3)67-76-70(73)64-61-58-55-52-49-46-43-41-38-36-34-32-29-26-23-20-17-14-11-8-5-2/h9,12,18,21,27,30,44,47,68H,4-8,10-11,13-17,19-20,22-26,28-29,31-43,45-46,48-67H2,1-3H3/b12-9-,21-18-,30-27-,47-44-. The van der Waals surface area contributed by atoms with Crippen LogP contribution in [0, 0.1) is 0 Å². The van der Waals surface area contributed by atoms with Crippen LogP contribution in [0.5, 0.6) is 0 Å². The molecule has 6 heteroatoms. The minimum absolute atomic E-state index is 0.0780. The summed E-state index contributed by atoms with van der Waals surface area (Å²) in [5.41, 5.74) is 0. The maximum Gasteiger partial charge on any atom is 0.306 e. The van der Waals surface area contributed by atoms with Gasteiger partial charge in [0.1, 0.15) is 13.2 Å². The first-order chi connectivity index (χ1) is 38.0. The molecule has 0 aliphatic rings. The van der Waals surface area contributed by atoms with Crippen LogP contribution in [0.4, 0.5) is 0 Å². The number of hydrogen-bond donors (Lipinski definition) is 0. The highest BCUT2D eigenvalue weighted by atomic mass is 16.6. The zero-order chi connectivity index (χ0) is 55.7. The van der Waals surface area contributed by atoms with E-state index in [1.165, 1.54) is 231 Å². The lowest BCUT2D eigenvalue weighted by Gasteiger charge is -2.18. The average molecular weight is 1080 g/mol. The van der Waals surface area contributed by atoms with Gasteiger partial charge in [-0.05, 0) is 57.8 Å². The molecule has 0 aromatic heterocycles. The second-order valence-electron chi connectivity index (χ2n) is 23.1. The van der Waals surface area contributed by atoms with Gasteiger partial charge in [0.2, 0.25) is 0 Å². The summed E-state index contributed by atoms with van der Waals surface area (Å²) in [5.74, 6) is -0.874. The lowest BCUT2D eigenvalue weighted by atomic mass is 10.0. The second kappa shape index (κ2) is 65.9. The number of hydrogen-bond acceptors (Lipinski definition) is 6. The van der Waals surface area contributed by atoms with Crippen LogP contribution in [0.15, 0.2) is 48.6 Å². The number of carbonyl (C=O) groups is 3. The lowest BCUT2D eigenvalue weighted by Crippen LogP contribution is -2.30. The van der Waals surface area contributed by atoms with Crippen LogP contribution in [-0.2, 0) is 28.6 Å². The van der Waals surface area contributed by atoms with Gasteiger partial charge in [0.05, 0.1) is 0 Å². The Morgan fingerprint density at radius 1 is 0.273 bits per heavy atom. The number of ether oxygens (including phenoxy) is 3. The number of unbranched alkanes of at least 4 members (excludes halogenated alkanes) is 44. The summed E-state index contributed by atoms with van der Waals surface area (Å²) in [4.78, 5) is 38.4. The van der Waals surface area contributed by atoms with Crippen molar-refractivity contribution in [3.63, 3.8) is 0 Å². The van der Waals surface area contributed by atoms with Crippen LogP contribution in [0.25, 0.3) is 0 Å². The van der Waals surface area contributed by atoms with Gasteiger partial charge >= 0.3 is 17.9 Å².